The first-order chi connectivity index (χ1) is 12.9. The van der Waals surface area contributed by atoms with Crippen molar-refractivity contribution in [3.8, 4) is 0 Å². The number of pyridine rings is 1. The second kappa shape index (κ2) is 8.15. The van der Waals surface area contributed by atoms with Gasteiger partial charge in [0.15, 0.2) is 0 Å². The van der Waals surface area contributed by atoms with Crippen molar-refractivity contribution in [3.63, 3.8) is 0 Å². The highest BCUT2D eigenvalue weighted by atomic mass is 79.9. The van der Waals surface area contributed by atoms with Gasteiger partial charge in [0, 0.05) is 20.4 Å². The van der Waals surface area contributed by atoms with Crippen molar-refractivity contribution < 1.29 is 4.79 Å². The van der Waals surface area contributed by atoms with Crippen LogP contribution >= 0.6 is 43.2 Å². The number of aromatic nitrogens is 1. The van der Waals surface area contributed by atoms with E-state index in [-0.39, 0.29) is 23.8 Å². The summed E-state index contributed by atoms with van der Waals surface area (Å²) in [4.78, 5) is 28.6. The number of anilines is 1. The molecule has 1 amide bonds. The number of hydrogen-bond donors (Lipinski definition) is 3. The Kier molecular flexibility index (Phi) is 5.88. The van der Waals surface area contributed by atoms with Crippen LogP contribution in [0.25, 0.3) is 10.9 Å². The number of carbonyl (C=O) groups excluding carboxylic acids is 1. The van der Waals surface area contributed by atoms with Crippen LogP contribution in [0.2, 0.25) is 0 Å². The quantitative estimate of drug-likeness (QED) is 0.360. The number of halogens is 2. The fourth-order valence-corrected chi connectivity index (χ4v) is 4.59. The molecule has 10 heteroatoms. The molecule has 2 aromatic heterocycles. The number of fused-ring (bicyclic) bond motifs is 1. The maximum Gasteiger partial charge on any atom is 0.251 e. The topological polar surface area (TPSA) is 113 Å². The van der Waals surface area contributed by atoms with Gasteiger partial charge in [0.1, 0.15) is 23.7 Å². The van der Waals surface area contributed by atoms with Crippen LogP contribution in [0.4, 0.5) is 5.00 Å². The standard InChI is InChI=1S/C17H13Br2N5O2S/c18-10-2-3-12-9(5-10)1-4-14(26)24(12)6-13(25)23-17-15(11(19)7-27-17)16(21)22-8-20/h1-5,7-8H,6H2,(H,23,25)(H3,20,21,22). The van der Waals surface area contributed by atoms with Gasteiger partial charge in [0.05, 0.1) is 11.1 Å². The maximum absolute atomic E-state index is 12.6. The number of nitrogens with two attached hydrogens (primary N) is 1. The summed E-state index contributed by atoms with van der Waals surface area (Å²) in [7, 11) is 0. The van der Waals surface area contributed by atoms with E-state index in [4.69, 9.17) is 11.1 Å². The van der Waals surface area contributed by atoms with Crippen LogP contribution in [-0.4, -0.2) is 22.6 Å². The lowest BCUT2D eigenvalue weighted by molar-refractivity contribution is -0.116. The zero-order chi connectivity index (χ0) is 19.6. The van der Waals surface area contributed by atoms with Crippen LogP contribution in [0, 0.1) is 5.41 Å². The molecule has 0 aliphatic heterocycles. The minimum Gasteiger partial charge on any atom is -0.383 e. The summed E-state index contributed by atoms with van der Waals surface area (Å²) >= 11 is 8.03. The zero-order valence-electron chi connectivity index (χ0n) is 13.7. The third kappa shape index (κ3) is 4.18. The van der Waals surface area contributed by atoms with Gasteiger partial charge >= 0.3 is 0 Å². The number of hydrogen-bond acceptors (Lipinski definition) is 4. The van der Waals surface area contributed by atoms with Crippen molar-refractivity contribution in [2.45, 2.75) is 6.54 Å². The lowest BCUT2D eigenvalue weighted by Crippen LogP contribution is -2.28. The molecule has 0 aliphatic rings. The molecule has 0 aliphatic carbocycles. The number of benzene rings is 1. The molecule has 0 atom stereocenters. The van der Waals surface area contributed by atoms with Gasteiger partial charge in [0.2, 0.25) is 5.91 Å². The molecule has 0 saturated carbocycles. The van der Waals surface area contributed by atoms with Crippen molar-refractivity contribution >= 4 is 77.2 Å². The number of nitrogens with zero attached hydrogens (tertiary/aromatic N) is 2. The Labute approximate surface area is 174 Å². The first-order valence-electron chi connectivity index (χ1n) is 7.59. The van der Waals surface area contributed by atoms with E-state index < -0.39 is 0 Å². The van der Waals surface area contributed by atoms with Gasteiger partial charge in [-0.1, -0.05) is 15.9 Å². The molecule has 4 N–H and O–H groups in total. The van der Waals surface area contributed by atoms with Crippen molar-refractivity contribution in [1.29, 1.82) is 5.41 Å². The molecule has 27 heavy (non-hydrogen) atoms. The van der Waals surface area contributed by atoms with Gasteiger partial charge in [-0.2, -0.15) is 0 Å². The summed E-state index contributed by atoms with van der Waals surface area (Å²) in [6.45, 7) is -0.144. The molecule has 0 radical (unpaired) electrons. The van der Waals surface area contributed by atoms with E-state index in [2.05, 4.69) is 42.2 Å². The third-order valence-corrected chi connectivity index (χ3v) is 6.03. The molecule has 1 aromatic carbocycles. The summed E-state index contributed by atoms with van der Waals surface area (Å²) in [6.07, 6.45) is 0.832. The monoisotopic (exact) mass is 509 g/mol. The normalized spacial score (nSPS) is 11.6. The molecule has 2 heterocycles. The predicted octanol–water partition coefficient (Wildman–Crippen LogP) is 3.54. The van der Waals surface area contributed by atoms with Crippen molar-refractivity contribution in [2.75, 3.05) is 5.32 Å². The molecule has 0 unspecified atom stereocenters. The molecule has 0 bridgehead atoms. The van der Waals surface area contributed by atoms with Crippen LogP contribution in [-0.2, 0) is 11.3 Å². The number of thiophene rings is 1. The van der Waals surface area contributed by atoms with Gasteiger partial charge < -0.3 is 11.1 Å². The Hall–Kier alpha value is -2.30. The Morgan fingerprint density at radius 3 is 2.85 bits per heavy atom. The molecular formula is C17H13Br2N5O2S. The zero-order valence-corrected chi connectivity index (χ0v) is 17.7. The average molecular weight is 511 g/mol. The number of amides is 1. The van der Waals surface area contributed by atoms with Crippen LogP contribution in [0.15, 0.2) is 54.4 Å². The van der Waals surface area contributed by atoms with Gasteiger partial charge in [0.25, 0.3) is 5.56 Å². The first kappa shape index (κ1) is 19.5. The van der Waals surface area contributed by atoms with Gasteiger partial charge in [-0.25, -0.2) is 4.99 Å². The molecule has 7 nitrogen and oxygen atoms in total. The molecule has 3 rings (SSSR count). The molecular weight excluding hydrogens is 498 g/mol. The van der Waals surface area contributed by atoms with Crippen LogP contribution in [0.3, 0.4) is 0 Å². The van der Waals surface area contributed by atoms with Gasteiger partial charge in [-0.05, 0) is 45.6 Å². The highest BCUT2D eigenvalue weighted by Gasteiger charge is 2.17. The molecule has 0 spiro atoms. The molecule has 0 fully saturated rings. The van der Waals surface area contributed by atoms with Crippen LogP contribution < -0.4 is 16.6 Å². The summed E-state index contributed by atoms with van der Waals surface area (Å²) in [5, 5.41) is 12.9. The SMILES string of the molecule is N=CN=C(N)c1c(Br)csc1NC(=O)Cn1c(=O)ccc2cc(Br)ccc21. The Bertz CT molecular complexity index is 1140. The third-order valence-electron chi connectivity index (χ3n) is 3.71. The number of rotatable bonds is 5. The molecule has 138 valence electrons. The van der Waals surface area contributed by atoms with E-state index in [1.54, 1.807) is 17.5 Å². The van der Waals surface area contributed by atoms with Crippen molar-refractivity contribution in [2.24, 2.45) is 10.7 Å². The highest BCUT2D eigenvalue weighted by Crippen LogP contribution is 2.32. The lowest BCUT2D eigenvalue weighted by Gasteiger charge is -2.11. The van der Waals surface area contributed by atoms with E-state index in [1.165, 1.54) is 22.0 Å². The second-order valence-corrected chi connectivity index (χ2v) is 8.09. The van der Waals surface area contributed by atoms with E-state index in [0.717, 1.165) is 16.2 Å². The number of amidine groups is 1. The van der Waals surface area contributed by atoms with E-state index in [9.17, 15) is 9.59 Å². The first-order valence-corrected chi connectivity index (χ1v) is 10.1. The minimum absolute atomic E-state index is 0.112. The Balaban J connectivity index is 1.91. The lowest BCUT2D eigenvalue weighted by atomic mass is 10.2. The van der Waals surface area contributed by atoms with E-state index >= 15 is 0 Å². The average Bonchev–Trinajstić information content (AvgIpc) is 2.98. The number of nitrogens with one attached hydrogen (secondary N) is 2. The Morgan fingerprint density at radius 1 is 1.33 bits per heavy atom. The van der Waals surface area contributed by atoms with Gasteiger partial charge in [-0.3, -0.25) is 19.6 Å². The van der Waals surface area contributed by atoms with Crippen LogP contribution in [0.1, 0.15) is 5.56 Å². The van der Waals surface area contributed by atoms with E-state index in [0.29, 0.717) is 20.6 Å². The van der Waals surface area contributed by atoms with Crippen LogP contribution in [0.5, 0.6) is 0 Å². The van der Waals surface area contributed by atoms with Crippen molar-refractivity contribution in [1.82, 2.24) is 4.57 Å². The maximum atomic E-state index is 12.6. The fraction of sp³-hybridized carbons (Fsp3) is 0.0588. The molecule has 3 aromatic rings. The number of aliphatic imine (C=N–C) groups is 1. The smallest absolute Gasteiger partial charge is 0.251 e. The van der Waals surface area contributed by atoms with E-state index in [1.807, 2.05) is 12.1 Å². The largest absolute Gasteiger partial charge is 0.383 e. The predicted molar refractivity (Wildman–Crippen MR) is 116 cm³/mol. The number of carbonyl (C=O) groups is 1. The Morgan fingerprint density at radius 2 is 2.11 bits per heavy atom. The fourth-order valence-electron chi connectivity index (χ4n) is 2.55. The minimum atomic E-state index is -0.370. The summed E-state index contributed by atoms with van der Waals surface area (Å²) in [6, 6.07) is 8.64. The summed E-state index contributed by atoms with van der Waals surface area (Å²) in [5.74, 6) is -0.258. The van der Waals surface area contributed by atoms with Crippen molar-refractivity contribution in [3.05, 3.63) is 60.6 Å². The summed E-state index contributed by atoms with van der Waals surface area (Å²) in [5.41, 5.74) is 6.76. The van der Waals surface area contributed by atoms with Gasteiger partial charge in [-0.15, -0.1) is 11.3 Å². The molecule has 0 saturated heterocycles. The summed E-state index contributed by atoms with van der Waals surface area (Å²) < 4.78 is 2.96. The highest BCUT2D eigenvalue weighted by molar-refractivity contribution is 9.10. The second-order valence-electron chi connectivity index (χ2n) is 5.44.